The molecule has 0 amide bonds. The number of aliphatic hydroxyl groups excluding tert-OH is 1. The monoisotopic (exact) mass is 821 g/mol. The summed E-state index contributed by atoms with van der Waals surface area (Å²) in [5.74, 6) is 0.547. The summed E-state index contributed by atoms with van der Waals surface area (Å²) in [6.45, 7) is 21.9. The molecule has 0 atom stereocenters. The number of aromatic nitrogens is 3. The summed E-state index contributed by atoms with van der Waals surface area (Å²) >= 11 is 0. The molecule has 0 saturated carbocycles. The van der Waals surface area contributed by atoms with Crippen LogP contribution in [-0.2, 0) is 35.7 Å². The van der Waals surface area contributed by atoms with Gasteiger partial charge >= 0.3 is 0 Å². The molecule has 5 nitrogen and oxygen atoms in total. The number of carbonyl (C=O) groups excluding carboxylic acids is 1. The Bertz CT molecular complexity index is 2180. The van der Waals surface area contributed by atoms with Crippen LogP contribution in [0.4, 0.5) is 0 Å². The van der Waals surface area contributed by atoms with Crippen molar-refractivity contribution in [1.29, 1.82) is 0 Å². The number of nitrogens with zero attached hydrogens (tertiary/aromatic N) is 3. The van der Waals surface area contributed by atoms with E-state index in [9.17, 15) is 9.90 Å². The Balaban J connectivity index is 0.000000243. The first-order valence-electron chi connectivity index (χ1n) is 17.5. The number of carbonyl (C=O) groups is 1. The molecule has 6 heteroatoms. The molecule has 0 bridgehead atoms. The van der Waals surface area contributed by atoms with Gasteiger partial charge in [-0.05, 0) is 94.9 Å². The summed E-state index contributed by atoms with van der Waals surface area (Å²) in [4.78, 5) is 21.7. The van der Waals surface area contributed by atoms with E-state index >= 15 is 0 Å². The number of fused-ring (bicyclic) bond motifs is 7. The number of hydrogen-bond donors (Lipinski definition) is 1. The molecule has 1 aliphatic carbocycles. The van der Waals surface area contributed by atoms with Crippen molar-refractivity contribution in [3.63, 3.8) is 0 Å². The molecular weight excluding hydrogens is 771 g/mol. The molecule has 48 heavy (non-hydrogen) atoms. The number of aliphatic hydroxyl groups is 1. The van der Waals surface area contributed by atoms with E-state index < -0.39 is 0 Å². The maximum Gasteiger partial charge on any atom is 0.162 e. The molecule has 0 unspecified atom stereocenters. The largest absolute Gasteiger partial charge is 0.512 e. The number of hydrogen-bond acceptors (Lipinski definition) is 4. The first kappa shape index (κ1) is 36.0. The van der Waals surface area contributed by atoms with Gasteiger partial charge in [-0.3, -0.25) is 4.79 Å². The van der Waals surface area contributed by atoms with Crippen molar-refractivity contribution in [3.05, 3.63) is 76.8 Å². The zero-order valence-electron chi connectivity index (χ0n) is 30.3. The second kappa shape index (κ2) is 13.2. The predicted molar refractivity (Wildman–Crippen MR) is 197 cm³/mol. The number of rotatable bonds is 7. The Kier molecular flexibility index (Phi) is 9.87. The Labute approximate surface area is 298 Å². The smallest absolute Gasteiger partial charge is 0.162 e. The molecule has 4 heterocycles. The van der Waals surface area contributed by atoms with Crippen molar-refractivity contribution in [3.8, 4) is 0 Å². The molecule has 255 valence electrons. The van der Waals surface area contributed by atoms with Gasteiger partial charge in [0.2, 0.25) is 0 Å². The van der Waals surface area contributed by atoms with Gasteiger partial charge < -0.3 is 14.5 Å². The fraction of sp³-hybridized carbons (Fsp3) is 0.452. The molecule has 1 radical (unpaired) electrons. The van der Waals surface area contributed by atoms with Crippen LogP contribution in [0.3, 0.4) is 0 Å². The summed E-state index contributed by atoms with van der Waals surface area (Å²) in [7, 11) is 0. The molecule has 7 rings (SSSR count). The first-order chi connectivity index (χ1) is 22.3. The van der Waals surface area contributed by atoms with Gasteiger partial charge in [-0.25, -0.2) is 4.98 Å². The van der Waals surface area contributed by atoms with Gasteiger partial charge in [-0.2, -0.15) is 0 Å². The van der Waals surface area contributed by atoms with Gasteiger partial charge in [0.15, 0.2) is 5.78 Å². The van der Waals surface area contributed by atoms with Gasteiger partial charge in [-0.1, -0.05) is 85.2 Å². The summed E-state index contributed by atoms with van der Waals surface area (Å²) in [5, 5.41) is 15.8. The Morgan fingerprint density at radius 3 is 2.25 bits per heavy atom. The van der Waals surface area contributed by atoms with E-state index in [1.807, 2.05) is 33.9 Å². The van der Waals surface area contributed by atoms with E-state index in [0.29, 0.717) is 0 Å². The number of benzene rings is 2. The van der Waals surface area contributed by atoms with Crippen molar-refractivity contribution in [2.24, 2.45) is 11.8 Å². The third-order valence-corrected chi connectivity index (χ3v) is 10.8. The van der Waals surface area contributed by atoms with Gasteiger partial charge in [-0.15, -0.1) is 17.7 Å². The average molecular weight is 821 g/mol. The minimum atomic E-state index is 0. The second-order valence-corrected chi connectivity index (χ2v) is 15.1. The summed E-state index contributed by atoms with van der Waals surface area (Å²) < 4.78 is 2.45. The first-order valence-corrected chi connectivity index (χ1v) is 17.5. The predicted octanol–water partition coefficient (Wildman–Crippen LogP) is 11.0. The Morgan fingerprint density at radius 2 is 1.60 bits per heavy atom. The van der Waals surface area contributed by atoms with Gasteiger partial charge in [0.25, 0.3) is 0 Å². The maximum atomic E-state index is 11.7. The van der Waals surface area contributed by atoms with Crippen LogP contribution in [-0.4, -0.2) is 25.3 Å². The van der Waals surface area contributed by atoms with E-state index in [-0.39, 0.29) is 54.3 Å². The Hall–Kier alpha value is -3.34. The van der Waals surface area contributed by atoms with Gasteiger partial charge in [0.1, 0.15) is 5.65 Å². The van der Waals surface area contributed by atoms with Crippen LogP contribution in [0.25, 0.3) is 49.1 Å². The van der Waals surface area contributed by atoms with Crippen molar-refractivity contribution >= 4 is 54.9 Å². The van der Waals surface area contributed by atoms with Crippen LogP contribution in [0.1, 0.15) is 110 Å². The molecule has 0 fully saturated rings. The third-order valence-electron chi connectivity index (χ3n) is 10.8. The average Bonchev–Trinajstić information content (AvgIpc) is 3.42. The standard InChI is InChI=1S/C29H26N3.C13H24O2.Ir/c1-15-11-19-18-8-7-16(2)31-27(18)32-25(19)20(12-15)24-22-17(9-10-30-24)13-21-23(26(22)32)29(5,6)14-28(21,3)4;1-5-10(6-2)12(14)9-13(15)11(7-3)8-4;/h7-11,13H,14H2,1-6H3;9-11,14H,5-8H2,1-4H3;/q-1;;/b;12-9-;. The van der Waals surface area contributed by atoms with Crippen LogP contribution < -0.4 is 0 Å². The van der Waals surface area contributed by atoms with Crippen molar-refractivity contribution in [2.75, 3.05) is 0 Å². The molecule has 0 aliphatic heterocycles. The minimum absolute atomic E-state index is 0. The van der Waals surface area contributed by atoms with E-state index in [4.69, 9.17) is 9.97 Å². The van der Waals surface area contributed by atoms with Crippen molar-refractivity contribution < 1.29 is 30.0 Å². The molecule has 2 aromatic carbocycles. The van der Waals surface area contributed by atoms with E-state index in [2.05, 4.69) is 82.3 Å². The molecule has 4 aromatic heterocycles. The molecule has 1 N–H and O–H groups in total. The fourth-order valence-electron chi connectivity index (χ4n) is 8.59. The van der Waals surface area contributed by atoms with E-state index in [1.54, 1.807) is 0 Å². The van der Waals surface area contributed by atoms with Crippen LogP contribution in [0.2, 0.25) is 0 Å². The van der Waals surface area contributed by atoms with Crippen LogP contribution in [0, 0.1) is 31.7 Å². The molecule has 1 aliphatic rings. The normalized spacial score (nSPS) is 15.5. The number of ketones is 1. The maximum absolute atomic E-state index is 11.7. The molecule has 6 aromatic rings. The number of aryl methyl sites for hydroxylation is 2. The number of allylic oxidation sites excluding steroid dienone is 2. The van der Waals surface area contributed by atoms with Crippen LogP contribution in [0.5, 0.6) is 0 Å². The number of pyridine rings is 3. The van der Waals surface area contributed by atoms with Gasteiger partial charge in [0, 0.05) is 60.8 Å². The molecular formula is C42H50IrN3O2-. The quantitative estimate of drug-likeness (QED) is 0.0573. The topological polar surface area (TPSA) is 67.5 Å². The van der Waals surface area contributed by atoms with E-state index in [0.717, 1.165) is 59.9 Å². The zero-order valence-corrected chi connectivity index (χ0v) is 32.7. The van der Waals surface area contributed by atoms with Crippen molar-refractivity contribution in [2.45, 2.75) is 112 Å². The van der Waals surface area contributed by atoms with Gasteiger partial charge in [0.05, 0.1) is 5.76 Å². The van der Waals surface area contributed by atoms with E-state index in [1.165, 1.54) is 49.8 Å². The fourth-order valence-corrected chi connectivity index (χ4v) is 8.59. The van der Waals surface area contributed by atoms with Crippen LogP contribution >= 0.6 is 0 Å². The summed E-state index contributed by atoms with van der Waals surface area (Å²) in [6.07, 6.45) is 8.00. The molecule has 0 spiro atoms. The second-order valence-electron chi connectivity index (χ2n) is 15.1. The third kappa shape index (κ3) is 5.73. The Morgan fingerprint density at radius 1 is 0.938 bits per heavy atom. The summed E-state index contributed by atoms with van der Waals surface area (Å²) in [5.41, 5.74) is 9.88. The SMILES string of the molecule is CCC(CC)C(=O)/C=C(\O)C(CC)CC.Cc1[c-]c2c3nccc4cc5c(c(c43)n3c4nc(C)ccc4c(c1)c23)C(C)(C)CC5(C)C.[Ir]. The van der Waals surface area contributed by atoms with Crippen LogP contribution in [0.15, 0.2) is 48.4 Å². The zero-order chi connectivity index (χ0) is 34.0. The van der Waals surface area contributed by atoms with Crippen molar-refractivity contribution in [1.82, 2.24) is 14.4 Å². The molecule has 0 saturated heterocycles. The minimum Gasteiger partial charge on any atom is -0.512 e. The summed E-state index contributed by atoms with van der Waals surface area (Å²) in [6, 6.07) is 14.9.